The molecule has 2 rings (SSSR count). The van der Waals surface area contributed by atoms with Crippen molar-refractivity contribution in [1.29, 1.82) is 5.26 Å². The van der Waals surface area contributed by atoms with E-state index in [-0.39, 0.29) is 27.1 Å². The lowest BCUT2D eigenvalue weighted by molar-refractivity contribution is -0.143. The van der Waals surface area contributed by atoms with E-state index in [1.807, 2.05) is 6.07 Å². The van der Waals surface area contributed by atoms with E-state index in [4.69, 9.17) is 16.3 Å². The number of hydrogen-bond acceptors (Lipinski definition) is 6. The molecule has 0 aromatic heterocycles. The standard InChI is InChI=1S/C19H19ClN2O5S/c1-12(2)18(19(23)26-3)22-28(24,25)14-9-7-13(8-10-14)27-17-6-4-5-16(20)15(17)11-21/h4-10,12,18,22H,1-3H3. The molecule has 0 fully saturated rings. The zero-order chi connectivity index (χ0) is 20.9. The van der Waals surface area contributed by atoms with Crippen LogP contribution < -0.4 is 9.46 Å². The number of ether oxygens (including phenoxy) is 2. The van der Waals surface area contributed by atoms with E-state index < -0.39 is 22.0 Å². The van der Waals surface area contributed by atoms with Gasteiger partial charge >= 0.3 is 5.97 Å². The quantitative estimate of drug-likeness (QED) is 0.685. The van der Waals surface area contributed by atoms with Crippen molar-refractivity contribution in [3.05, 3.63) is 53.1 Å². The molecule has 0 heterocycles. The van der Waals surface area contributed by atoms with Gasteiger partial charge in [-0.3, -0.25) is 4.79 Å². The van der Waals surface area contributed by atoms with Crippen molar-refractivity contribution in [1.82, 2.24) is 4.72 Å². The Balaban J connectivity index is 2.23. The van der Waals surface area contributed by atoms with E-state index in [0.29, 0.717) is 5.75 Å². The summed E-state index contributed by atoms with van der Waals surface area (Å²) in [6.45, 7) is 3.41. The van der Waals surface area contributed by atoms with Gasteiger partial charge in [0.05, 0.1) is 17.0 Å². The topological polar surface area (TPSA) is 105 Å². The number of nitrogens with one attached hydrogen (secondary N) is 1. The monoisotopic (exact) mass is 422 g/mol. The van der Waals surface area contributed by atoms with Crippen molar-refractivity contribution in [2.75, 3.05) is 7.11 Å². The molecule has 28 heavy (non-hydrogen) atoms. The first-order valence-electron chi connectivity index (χ1n) is 8.26. The third kappa shape index (κ3) is 5.01. The van der Waals surface area contributed by atoms with Gasteiger partial charge < -0.3 is 9.47 Å². The number of nitrogens with zero attached hydrogens (tertiary/aromatic N) is 1. The van der Waals surface area contributed by atoms with Gasteiger partial charge in [-0.05, 0) is 42.3 Å². The zero-order valence-corrected chi connectivity index (χ0v) is 17.0. The van der Waals surface area contributed by atoms with Gasteiger partial charge in [0.2, 0.25) is 10.0 Å². The SMILES string of the molecule is COC(=O)C(NS(=O)(=O)c1ccc(Oc2cccc(Cl)c2C#N)cc1)C(C)C. The van der Waals surface area contributed by atoms with E-state index in [0.717, 1.165) is 0 Å². The van der Waals surface area contributed by atoms with E-state index in [1.165, 1.54) is 31.4 Å². The number of benzene rings is 2. The second-order valence-electron chi connectivity index (χ2n) is 6.16. The molecule has 1 atom stereocenters. The summed E-state index contributed by atoms with van der Waals surface area (Å²) in [4.78, 5) is 11.8. The number of nitriles is 1. The molecular weight excluding hydrogens is 404 g/mol. The van der Waals surface area contributed by atoms with E-state index in [9.17, 15) is 18.5 Å². The van der Waals surface area contributed by atoms with Crippen molar-refractivity contribution in [2.45, 2.75) is 24.8 Å². The summed E-state index contributed by atoms with van der Waals surface area (Å²) in [5.41, 5.74) is 0.181. The molecule has 148 valence electrons. The van der Waals surface area contributed by atoms with Gasteiger partial charge in [-0.2, -0.15) is 9.98 Å². The van der Waals surface area contributed by atoms with Crippen LogP contribution in [-0.4, -0.2) is 27.5 Å². The third-order valence-electron chi connectivity index (χ3n) is 3.85. The molecule has 1 N–H and O–H groups in total. The molecule has 0 amide bonds. The Morgan fingerprint density at radius 3 is 2.36 bits per heavy atom. The Kier molecular flexibility index (Phi) is 7.02. The predicted molar refractivity (Wildman–Crippen MR) is 104 cm³/mol. The fraction of sp³-hybridized carbons (Fsp3) is 0.263. The van der Waals surface area contributed by atoms with Crippen molar-refractivity contribution in [3.63, 3.8) is 0 Å². The molecule has 2 aromatic carbocycles. The number of carbonyl (C=O) groups is 1. The highest BCUT2D eigenvalue weighted by Gasteiger charge is 2.29. The minimum absolute atomic E-state index is 0.0407. The molecule has 7 nitrogen and oxygen atoms in total. The molecule has 0 bridgehead atoms. The molecule has 0 radical (unpaired) electrons. The zero-order valence-electron chi connectivity index (χ0n) is 15.5. The van der Waals surface area contributed by atoms with E-state index >= 15 is 0 Å². The number of hydrogen-bond donors (Lipinski definition) is 1. The molecule has 0 aliphatic carbocycles. The molecule has 9 heteroatoms. The molecule has 0 saturated carbocycles. The highest BCUT2D eigenvalue weighted by molar-refractivity contribution is 7.89. The van der Waals surface area contributed by atoms with Crippen LogP contribution >= 0.6 is 11.6 Å². The number of halogens is 1. The average Bonchev–Trinajstić information content (AvgIpc) is 2.66. The van der Waals surface area contributed by atoms with Crippen molar-refractivity contribution >= 4 is 27.6 Å². The van der Waals surface area contributed by atoms with Gasteiger partial charge in [-0.15, -0.1) is 0 Å². The first-order chi connectivity index (χ1) is 13.2. The van der Waals surface area contributed by atoms with Gasteiger partial charge in [0.25, 0.3) is 0 Å². The average molecular weight is 423 g/mol. The Hall–Kier alpha value is -2.60. The van der Waals surface area contributed by atoms with Gasteiger partial charge in [-0.1, -0.05) is 31.5 Å². The molecule has 2 aromatic rings. The summed E-state index contributed by atoms with van der Waals surface area (Å²) in [5, 5.41) is 9.44. The van der Waals surface area contributed by atoms with Crippen LogP contribution in [0.5, 0.6) is 11.5 Å². The van der Waals surface area contributed by atoms with Gasteiger partial charge in [0.1, 0.15) is 29.2 Å². The van der Waals surface area contributed by atoms with Crippen molar-refractivity contribution in [3.8, 4) is 17.6 Å². The Morgan fingerprint density at radius 1 is 1.18 bits per heavy atom. The maximum absolute atomic E-state index is 12.6. The Morgan fingerprint density at radius 2 is 1.82 bits per heavy atom. The minimum atomic E-state index is -3.95. The third-order valence-corrected chi connectivity index (χ3v) is 5.62. The summed E-state index contributed by atoms with van der Waals surface area (Å²) >= 11 is 5.96. The second kappa shape index (κ2) is 9.06. The van der Waals surface area contributed by atoms with Crippen molar-refractivity contribution in [2.24, 2.45) is 5.92 Å². The summed E-state index contributed by atoms with van der Waals surface area (Å²) in [7, 11) is -2.75. The summed E-state index contributed by atoms with van der Waals surface area (Å²) in [6.07, 6.45) is 0. The maximum atomic E-state index is 12.6. The largest absolute Gasteiger partial charge is 0.468 e. The number of esters is 1. The lowest BCUT2D eigenvalue weighted by atomic mass is 10.1. The maximum Gasteiger partial charge on any atom is 0.324 e. The van der Waals surface area contributed by atoms with Crippen LogP contribution in [0.2, 0.25) is 5.02 Å². The fourth-order valence-electron chi connectivity index (χ4n) is 2.33. The van der Waals surface area contributed by atoms with E-state index in [1.54, 1.807) is 32.0 Å². The van der Waals surface area contributed by atoms with Crippen LogP contribution in [0, 0.1) is 17.2 Å². The molecular formula is C19H19ClN2O5S. The molecule has 1 unspecified atom stereocenters. The lowest BCUT2D eigenvalue weighted by Crippen LogP contribution is -2.44. The minimum Gasteiger partial charge on any atom is -0.468 e. The van der Waals surface area contributed by atoms with Crippen molar-refractivity contribution < 1.29 is 22.7 Å². The Labute approximate surface area is 168 Å². The van der Waals surface area contributed by atoms with Crippen LogP contribution in [0.3, 0.4) is 0 Å². The Bertz CT molecular complexity index is 998. The van der Waals surface area contributed by atoms with Gasteiger partial charge in [0.15, 0.2) is 0 Å². The van der Waals surface area contributed by atoms with Crippen LogP contribution in [0.15, 0.2) is 47.4 Å². The summed E-state index contributed by atoms with van der Waals surface area (Å²) in [5.74, 6) is -0.374. The van der Waals surface area contributed by atoms with Gasteiger partial charge in [-0.25, -0.2) is 8.42 Å². The fourth-order valence-corrected chi connectivity index (χ4v) is 3.87. The highest BCUT2D eigenvalue weighted by Crippen LogP contribution is 2.30. The normalized spacial score (nSPS) is 12.3. The van der Waals surface area contributed by atoms with Crippen LogP contribution in [0.25, 0.3) is 0 Å². The number of methoxy groups -OCH3 is 1. The summed E-state index contributed by atoms with van der Waals surface area (Å²) < 4.78 is 37.8. The molecule has 0 aliphatic heterocycles. The number of rotatable bonds is 7. The molecule has 0 spiro atoms. The first-order valence-corrected chi connectivity index (χ1v) is 10.1. The predicted octanol–water partition coefficient (Wildman–Crippen LogP) is 3.48. The first kappa shape index (κ1) is 21.7. The number of sulfonamides is 1. The molecule has 0 aliphatic rings. The van der Waals surface area contributed by atoms with Crippen LogP contribution in [0.1, 0.15) is 19.4 Å². The van der Waals surface area contributed by atoms with Crippen LogP contribution in [0.4, 0.5) is 0 Å². The van der Waals surface area contributed by atoms with E-state index in [2.05, 4.69) is 9.46 Å². The summed E-state index contributed by atoms with van der Waals surface area (Å²) in [6, 6.07) is 11.3. The second-order valence-corrected chi connectivity index (χ2v) is 8.29. The molecule has 0 saturated heterocycles. The lowest BCUT2D eigenvalue weighted by Gasteiger charge is -2.19. The van der Waals surface area contributed by atoms with Crippen LogP contribution in [-0.2, 0) is 19.6 Å². The van der Waals surface area contributed by atoms with Gasteiger partial charge in [0, 0.05) is 0 Å². The highest BCUT2D eigenvalue weighted by atomic mass is 35.5. The number of carbonyl (C=O) groups excluding carboxylic acids is 1. The smallest absolute Gasteiger partial charge is 0.324 e.